The molecule has 7 heteroatoms. The van der Waals surface area contributed by atoms with Gasteiger partial charge in [0.05, 0.1) is 10.2 Å². The van der Waals surface area contributed by atoms with Crippen molar-refractivity contribution in [3.05, 3.63) is 82.5 Å². The quantitative estimate of drug-likeness (QED) is 0.607. The number of anilines is 1. The van der Waals surface area contributed by atoms with Gasteiger partial charge in [-0.05, 0) is 49.6 Å². The second-order valence-corrected chi connectivity index (χ2v) is 8.79. The summed E-state index contributed by atoms with van der Waals surface area (Å²) in [4.78, 5) is 30.8. The Morgan fingerprint density at radius 1 is 1.16 bits per heavy atom. The van der Waals surface area contributed by atoms with Crippen molar-refractivity contribution in [3.8, 4) is 0 Å². The van der Waals surface area contributed by atoms with E-state index in [-0.39, 0.29) is 17.5 Å². The maximum absolute atomic E-state index is 13.6. The third-order valence-corrected chi connectivity index (χ3v) is 6.69. The molecular weight excluding hydrogens is 413 g/mol. The standard InChI is InChI=1S/C24H20FN3O2S/c1-13-20(23(30)28-24-27-16-5-2-3-8-19(16)31-24)21(14-9-11-15(25)12-10-14)22-17(26-13)6-4-7-18(22)29/h2-3,5,8-12,21,26H,4,6-7H2,1H3,(H,27,28,30)/t21-/m1/s1. The van der Waals surface area contributed by atoms with Crippen molar-refractivity contribution in [2.24, 2.45) is 0 Å². The molecule has 156 valence electrons. The lowest BCUT2D eigenvalue weighted by Gasteiger charge is -2.34. The first-order valence-electron chi connectivity index (χ1n) is 10.2. The number of nitrogens with one attached hydrogen (secondary N) is 2. The predicted molar refractivity (Wildman–Crippen MR) is 119 cm³/mol. The van der Waals surface area contributed by atoms with E-state index in [1.807, 2.05) is 31.2 Å². The van der Waals surface area contributed by atoms with Gasteiger partial charge in [0, 0.05) is 34.9 Å². The van der Waals surface area contributed by atoms with Gasteiger partial charge in [-0.2, -0.15) is 0 Å². The van der Waals surface area contributed by atoms with Crippen molar-refractivity contribution in [1.82, 2.24) is 10.3 Å². The molecule has 1 atom stereocenters. The number of nitrogens with zero attached hydrogens (tertiary/aromatic N) is 1. The number of Topliss-reactive ketones (excluding diaryl/α,β-unsaturated/α-hetero) is 1. The van der Waals surface area contributed by atoms with Crippen molar-refractivity contribution >= 4 is 38.4 Å². The number of aromatic nitrogens is 1. The highest BCUT2D eigenvalue weighted by Crippen LogP contribution is 2.42. The average molecular weight is 434 g/mol. The molecule has 2 aromatic carbocycles. The van der Waals surface area contributed by atoms with Crippen LogP contribution in [0, 0.1) is 5.82 Å². The van der Waals surface area contributed by atoms with E-state index < -0.39 is 5.92 Å². The molecule has 0 radical (unpaired) electrons. The number of rotatable bonds is 3. The van der Waals surface area contributed by atoms with E-state index in [1.54, 1.807) is 12.1 Å². The van der Waals surface area contributed by atoms with Crippen LogP contribution in [0.15, 0.2) is 71.1 Å². The molecule has 1 aromatic heterocycles. The molecule has 1 amide bonds. The van der Waals surface area contributed by atoms with Crippen LogP contribution in [-0.4, -0.2) is 16.7 Å². The van der Waals surface area contributed by atoms with E-state index in [4.69, 9.17) is 0 Å². The van der Waals surface area contributed by atoms with Crippen LogP contribution >= 0.6 is 11.3 Å². The molecule has 0 saturated carbocycles. The lowest BCUT2D eigenvalue weighted by Crippen LogP contribution is -2.35. The molecule has 2 heterocycles. The van der Waals surface area contributed by atoms with Crippen molar-refractivity contribution in [3.63, 3.8) is 0 Å². The van der Waals surface area contributed by atoms with Crippen LogP contribution in [0.3, 0.4) is 0 Å². The maximum atomic E-state index is 13.6. The summed E-state index contributed by atoms with van der Waals surface area (Å²) >= 11 is 1.40. The van der Waals surface area contributed by atoms with E-state index >= 15 is 0 Å². The fourth-order valence-electron chi connectivity index (χ4n) is 4.36. The Labute approximate surface area is 182 Å². The zero-order valence-electron chi connectivity index (χ0n) is 16.9. The number of carbonyl (C=O) groups is 2. The molecule has 5 nitrogen and oxygen atoms in total. The van der Waals surface area contributed by atoms with E-state index in [0.717, 1.165) is 34.3 Å². The molecule has 2 aliphatic rings. The van der Waals surface area contributed by atoms with Gasteiger partial charge in [-0.15, -0.1) is 0 Å². The molecule has 1 aliphatic carbocycles. The predicted octanol–water partition coefficient (Wildman–Crippen LogP) is 5.04. The summed E-state index contributed by atoms with van der Waals surface area (Å²) in [7, 11) is 0. The number of allylic oxidation sites excluding steroid dienone is 3. The maximum Gasteiger partial charge on any atom is 0.256 e. The van der Waals surface area contributed by atoms with E-state index in [9.17, 15) is 14.0 Å². The lowest BCUT2D eigenvalue weighted by atomic mass is 9.75. The van der Waals surface area contributed by atoms with Gasteiger partial charge in [0.15, 0.2) is 10.9 Å². The van der Waals surface area contributed by atoms with Crippen LogP contribution in [0.1, 0.15) is 37.7 Å². The average Bonchev–Trinajstić information content (AvgIpc) is 3.15. The summed E-state index contributed by atoms with van der Waals surface area (Å²) in [5.41, 5.74) is 4.16. The molecular formula is C24H20FN3O2S. The Kier molecular flexibility index (Phi) is 4.90. The SMILES string of the molecule is CC1=C(C(=O)Nc2nc3ccccc3s2)[C@@H](c2ccc(F)cc2)C2=C(CCCC2=O)N1. The summed E-state index contributed by atoms with van der Waals surface area (Å²) in [5, 5.41) is 6.70. The first-order chi connectivity index (χ1) is 15.0. The molecule has 5 rings (SSSR count). The second-order valence-electron chi connectivity index (χ2n) is 7.76. The highest BCUT2D eigenvalue weighted by molar-refractivity contribution is 7.22. The zero-order chi connectivity index (χ0) is 21.5. The number of hydrogen-bond donors (Lipinski definition) is 2. The van der Waals surface area contributed by atoms with Crippen LogP contribution in [-0.2, 0) is 9.59 Å². The highest BCUT2D eigenvalue weighted by atomic mass is 32.1. The summed E-state index contributed by atoms with van der Waals surface area (Å²) in [6.07, 6.45) is 1.98. The lowest BCUT2D eigenvalue weighted by molar-refractivity contribution is -0.116. The zero-order valence-corrected chi connectivity index (χ0v) is 17.7. The molecule has 2 N–H and O–H groups in total. The van der Waals surface area contributed by atoms with Crippen molar-refractivity contribution in [1.29, 1.82) is 0 Å². The van der Waals surface area contributed by atoms with Gasteiger partial charge in [0.1, 0.15) is 5.82 Å². The normalized spacial score (nSPS) is 18.8. The summed E-state index contributed by atoms with van der Waals surface area (Å²) in [6, 6.07) is 13.7. The number of amides is 1. The van der Waals surface area contributed by atoms with Gasteiger partial charge in [-0.25, -0.2) is 9.37 Å². The molecule has 31 heavy (non-hydrogen) atoms. The number of fused-ring (bicyclic) bond motifs is 1. The van der Waals surface area contributed by atoms with Crippen molar-refractivity contribution in [2.45, 2.75) is 32.1 Å². The number of ketones is 1. The number of hydrogen-bond acceptors (Lipinski definition) is 5. The smallest absolute Gasteiger partial charge is 0.256 e. The number of benzene rings is 2. The van der Waals surface area contributed by atoms with Gasteiger partial charge < -0.3 is 5.32 Å². The molecule has 0 saturated heterocycles. The molecule has 3 aromatic rings. The third-order valence-electron chi connectivity index (χ3n) is 5.74. The first-order valence-corrected chi connectivity index (χ1v) is 11.0. The van der Waals surface area contributed by atoms with Gasteiger partial charge in [0.25, 0.3) is 5.91 Å². The monoisotopic (exact) mass is 433 g/mol. The summed E-state index contributed by atoms with van der Waals surface area (Å²) in [6.45, 7) is 1.84. The van der Waals surface area contributed by atoms with E-state index in [0.29, 0.717) is 28.4 Å². The number of carbonyl (C=O) groups excluding carboxylic acids is 2. The Hall–Kier alpha value is -3.32. The Bertz CT molecular complexity index is 1240. The first kappa shape index (κ1) is 19.6. The van der Waals surface area contributed by atoms with E-state index in [2.05, 4.69) is 15.6 Å². The fraction of sp³-hybridized carbons (Fsp3) is 0.208. The van der Waals surface area contributed by atoms with Crippen LogP contribution in [0.4, 0.5) is 9.52 Å². The number of dihydropyridines is 1. The topological polar surface area (TPSA) is 71.1 Å². The van der Waals surface area contributed by atoms with Crippen LogP contribution in [0.2, 0.25) is 0 Å². The number of para-hydroxylation sites is 1. The van der Waals surface area contributed by atoms with Crippen molar-refractivity contribution in [2.75, 3.05) is 5.32 Å². The summed E-state index contributed by atoms with van der Waals surface area (Å²) in [5.74, 6) is -1.19. The molecule has 0 spiro atoms. The number of thiazole rings is 1. The van der Waals surface area contributed by atoms with Gasteiger partial charge >= 0.3 is 0 Å². The van der Waals surface area contributed by atoms with Crippen molar-refractivity contribution < 1.29 is 14.0 Å². The van der Waals surface area contributed by atoms with Crippen LogP contribution in [0.25, 0.3) is 10.2 Å². The van der Waals surface area contributed by atoms with E-state index in [1.165, 1.54) is 23.5 Å². The van der Waals surface area contributed by atoms with Gasteiger partial charge in [-0.3, -0.25) is 14.9 Å². The highest BCUT2D eigenvalue weighted by Gasteiger charge is 2.38. The minimum absolute atomic E-state index is 0.0286. The Morgan fingerprint density at radius 2 is 1.94 bits per heavy atom. The molecule has 0 fully saturated rings. The molecule has 0 unspecified atom stereocenters. The largest absolute Gasteiger partial charge is 0.362 e. The Morgan fingerprint density at radius 3 is 2.71 bits per heavy atom. The van der Waals surface area contributed by atoms with Gasteiger partial charge in [-0.1, -0.05) is 35.6 Å². The molecule has 1 aliphatic heterocycles. The van der Waals surface area contributed by atoms with Crippen LogP contribution < -0.4 is 10.6 Å². The van der Waals surface area contributed by atoms with Gasteiger partial charge in [0.2, 0.25) is 0 Å². The minimum Gasteiger partial charge on any atom is -0.362 e. The third kappa shape index (κ3) is 3.55. The fourth-order valence-corrected chi connectivity index (χ4v) is 5.22. The second kappa shape index (κ2) is 7.74. The molecule has 0 bridgehead atoms. The summed E-state index contributed by atoms with van der Waals surface area (Å²) < 4.78 is 14.6. The number of halogens is 1. The minimum atomic E-state index is -0.543. The Balaban J connectivity index is 1.56. The van der Waals surface area contributed by atoms with Crippen LogP contribution in [0.5, 0.6) is 0 Å².